The molecule has 0 aliphatic heterocycles. The Labute approximate surface area is 117 Å². The molecular weight excluding hydrogens is 256 g/mol. The minimum atomic E-state index is -0.276. The third-order valence-electron chi connectivity index (χ3n) is 3.96. The predicted molar refractivity (Wildman–Crippen MR) is 79.1 cm³/mol. The van der Waals surface area contributed by atoms with Crippen LogP contribution in [0.15, 0.2) is 41.3 Å². The zero-order valence-corrected chi connectivity index (χ0v) is 11.5. The fourth-order valence-electron chi connectivity index (χ4n) is 2.94. The summed E-state index contributed by atoms with van der Waals surface area (Å²) in [5.41, 5.74) is 6.33. The Morgan fingerprint density at radius 1 is 1.42 bits per heavy atom. The molecule has 0 heterocycles. The van der Waals surface area contributed by atoms with Gasteiger partial charge in [-0.1, -0.05) is 24.3 Å². The van der Waals surface area contributed by atoms with Crippen molar-refractivity contribution in [2.75, 3.05) is 11.1 Å². The number of fused-ring (bicyclic) bond motifs is 1. The number of benzene rings is 1. The number of nitrogens with one attached hydrogen (secondary N) is 1. The van der Waals surface area contributed by atoms with Gasteiger partial charge in [-0.15, -0.1) is 11.8 Å². The van der Waals surface area contributed by atoms with Crippen molar-refractivity contribution in [1.29, 1.82) is 0 Å². The molecule has 0 radical (unpaired) electrons. The number of thioether (sulfide) groups is 1. The van der Waals surface area contributed by atoms with Gasteiger partial charge in [-0.25, -0.2) is 0 Å². The molecular formula is C15H18N2OS. The van der Waals surface area contributed by atoms with E-state index in [0.29, 0.717) is 17.7 Å². The van der Waals surface area contributed by atoms with Crippen LogP contribution < -0.4 is 11.1 Å². The molecule has 4 heteroatoms. The van der Waals surface area contributed by atoms with Crippen LogP contribution in [-0.4, -0.2) is 17.7 Å². The zero-order valence-electron chi connectivity index (χ0n) is 10.7. The second-order valence-electron chi connectivity index (χ2n) is 5.24. The van der Waals surface area contributed by atoms with Crippen molar-refractivity contribution >= 4 is 23.4 Å². The Morgan fingerprint density at radius 3 is 3.05 bits per heavy atom. The topological polar surface area (TPSA) is 55.1 Å². The maximum Gasteiger partial charge on any atom is 0.227 e. The summed E-state index contributed by atoms with van der Waals surface area (Å²) < 4.78 is 0. The molecule has 3 rings (SSSR count). The van der Waals surface area contributed by atoms with Crippen LogP contribution in [0.5, 0.6) is 0 Å². The lowest BCUT2D eigenvalue weighted by molar-refractivity contribution is -0.115. The number of hydrogen-bond acceptors (Lipinski definition) is 3. The van der Waals surface area contributed by atoms with Gasteiger partial charge in [0.25, 0.3) is 0 Å². The van der Waals surface area contributed by atoms with Crippen LogP contribution in [-0.2, 0) is 4.79 Å². The number of anilines is 1. The average Bonchev–Trinajstić information content (AvgIpc) is 2.76. The molecule has 3 nitrogen and oxygen atoms in total. The van der Waals surface area contributed by atoms with Crippen LogP contribution in [0.25, 0.3) is 0 Å². The van der Waals surface area contributed by atoms with E-state index in [1.54, 1.807) is 0 Å². The number of carbonyl (C=O) groups is 1. The van der Waals surface area contributed by atoms with Gasteiger partial charge in [0, 0.05) is 22.5 Å². The quantitative estimate of drug-likeness (QED) is 0.641. The van der Waals surface area contributed by atoms with Crippen LogP contribution in [0.4, 0.5) is 5.69 Å². The molecule has 1 saturated carbocycles. The van der Waals surface area contributed by atoms with Crippen LogP contribution >= 0.6 is 11.8 Å². The highest BCUT2D eigenvalue weighted by Gasteiger charge is 2.41. The van der Waals surface area contributed by atoms with Gasteiger partial charge in [0.2, 0.25) is 5.91 Å². The smallest absolute Gasteiger partial charge is 0.227 e. The fourth-order valence-corrected chi connectivity index (χ4v) is 3.70. The van der Waals surface area contributed by atoms with Crippen LogP contribution in [0.1, 0.15) is 12.8 Å². The summed E-state index contributed by atoms with van der Waals surface area (Å²) in [6, 6.07) is 8.68. The van der Waals surface area contributed by atoms with E-state index < -0.39 is 0 Å². The molecule has 1 fully saturated rings. The molecule has 2 aliphatic carbocycles. The Kier molecular flexibility index (Phi) is 3.51. The zero-order chi connectivity index (χ0) is 13.2. The molecule has 0 bridgehead atoms. The van der Waals surface area contributed by atoms with E-state index in [1.807, 2.05) is 18.2 Å². The van der Waals surface area contributed by atoms with Gasteiger partial charge in [-0.3, -0.25) is 4.79 Å². The van der Waals surface area contributed by atoms with Gasteiger partial charge in [0.1, 0.15) is 0 Å². The van der Waals surface area contributed by atoms with E-state index in [9.17, 15) is 4.79 Å². The highest BCUT2D eigenvalue weighted by Crippen LogP contribution is 2.44. The second kappa shape index (κ2) is 5.29. The van der Waals surface area contributed by atoms with Crippen molar-refractivity contribution in [2.45, 2.75) is 23.8 Å². The maximum absolute atomic E-state index is 10.9. The number of amides is 1. The lowest BCUT2D eigenvalue weighted by atomic mass is 9.71. The number of rotatable bonds is 5. The summed E-state index contributed by atoms with van der Waals surface area (Å²) in [5.74, 6) is 1.59. The molecule has 3 N–H and O–H groups in total. The van der Waals surface area contributed by atoms with E-state index in [-0.39, 0.29) is 5.91 Å². The summed E-state index contributed by atoms with van der Waals surface area (Å²) in [7, 11) is 0. The highest BCUT2D eigenvalue weighted by molar-refractivity contribution is 8.00. The van der Waals surface area contributed by atoms with Gasteiger partial charge >= 0.3 is 0 Å². The number of allylic oxidation sites excluding steroid dienone is 1. The first-order chi connectivity index (χ1) is 9.24. The predicted octanol–water partition coefficient (Wildman–Crippen LogP) is 2.64. The lowest BCUT2D eigenvalue weighted by Gasteiger charge is -2.41. The summed E-state index contributed by atoms with van der Waals surface area (Å²) in [4.78, 5) is 12.0. The Bertz CT molecular complexity index is 515. The summed E-state index contributed by atoms with van der Waals surface area (Å²) in [6.07, 6.45) is 7.11. The van der Waals surface area contributed by atoms with E-state index in [1.165, 1.54) is 24.6 Å². The van der Waals surface area contributed by atoms with E-state index >= 15 is 0 Å². The summed E-state index contributed by atoms with van der Waals surface area (Å²) in [6.45, 7) is 0. The van der Waals surface area contributed by atoms with Crippen LogP contribution in [0, 0.1) is 11.8 Å². The van der Waals surface area contributed by atoms with Crippen molar-refractivity contribution in [3.8, 4) is 0 Å². The first-order valence-corrected chi connectivity index (χ1v) is 7.66. The average molecular weight is 274 g/mol. The molecule has 0 spiro atoms. The van der Waals surface area contributed by atoms with Crippen LogP contribution in [0.2, 0.25) is 0 Å². The molecule has 0 aromatic heterocycles. The standard InChI is InChI=1S/C15H18N2OS/c16-15(18)9-19-14-7-2-1-6-12(14)17-13-8-10-4-3-5-11(10)13/h1-3,5-7,10-11,13,17H,4,8-9H2,(H2,16,18). The molecule has 19 heavy (non-hydrogen) atoms. The van der Waals surface area contributed by atoms with E-state index in [0.717, 1.165) is 16.5 Å². The summed E-state index contributed by atoms with van der Waals surface area (Å²) in [5, 5.41) is 3.62. The number of para-hydroxylation sites is 1. The van der Waals surface area contributed by atoms with Gasteiger partial charge in [0.05, 0.1) is 5.75 Å². The monoisotopic (exact) mass is 274 g/mol. The van der Waals surface area contributed by atoms with Crippen molar-refractivity contribution in [3.63, 3.8) is 0 Å². The van der Waals surface area contributed by atoms with Crippen molar-refractivity contribution in [2.24, 2.45) is 17.6 Å². The maximum atomic E-state index is 10.9. The molecule has 2 aliphatic rings. The first-order valence-electron chi connectivity index (χ1n) is 6.67. The number of carbonyl (C=O) groups excluding carboxylic acids is 1. The van der Waals surface area contributed by atoms with Crippen molar-refractivity contribution in [1.82, 2.24) is 0 Å². The Morgan fingerprint density at radius 2 is 2.26 bits per heavy atom. The highest BCUT2D eigenvalue weighted by atomic mass is 32.2. The number of hydrogen-bond donors (Lipinski definition) is 2. The molecule has 3 unspecified atom stereocenters. The minimum Gasteiger partial charge on any atom is -0.381 e. The Hall–Kier alpha value is -1.42. The van der Waals surface area contributed by atoms with Crippen molar-refractivity contribution in [3.05, 3.63) is 36.4 Å². The first kappa shape index (κ1) is 12.6. The molecule has 1 aromatic carbocycles. The normalized spacial score (nSPS) is 27.7. The van der Waals surface area contributed by atoms with E-state index in [2.05, 4.69) is 23.5 Å². The van der Waals surface area contributed by atoms with Crippen LogP contribution in [0.3, 0.4) is 0 Å². The number of primary amides is 1. The van der Waals surface area contributed by atoms with Gasteiger partial charge < -0.3 is 11.1 Å². The van der Waals surface area contributed by atoms with Crippen molar-refractivity contribution < 1.29 is 4.79 Å². The van der Waals surface area contributed by atoms with Gasteiger partial charge in [-0.05, 0) is 30.9 Å². The number of nitrogens with two attached hydrogens (primary N) is 1. The summed E-state index contributed by atoms with van der Waals surface area (Å²) >= 11 is 1.50. The molecule has 100 valence electrons. The van der Waals surface area contributed by atoms with Gasteiger partial charge in [-0.2, -0.15) is 0 Å². The third-order valence-corrected chi connectivity index (χ3v) is 5.06. The Balaban J connectivity index is 1.67. The lowest BCUT2D eigenvalue weighted by Crippen LogP contribution is -2.43. The molecule has 1 aromatic rings. The molecule has 3 atom stereocenters. The fraction of sp³-hybridized carbons (Fsp3) is 0.400. The third kappa shape index (κ3) is 2.63. The second-order valence-corrected chi connectivity index (χ2v) is 6.26. The van der Waals surface area contributed by atoms with Gasteiger partial charge in [0.15, 0.2) is 0 Å². The molecule has 0 saturated heterocycles. The SMILES string of the molecule is NC(=O)CSc1ccccc1NC1CC2CC=CC21. The largest absolute Gasteiger partial charge is 0.381 e. The van der Waals surface area contributed by atoms with E-state index in [4.69, 9.17) is 5.73 Å². The molecule has 1 amide bonds. The minimum absolute atomic E-state index is 0.276.